The summed E-state index contributed by atoms with van der Waals surface area (Å²) in [5, 5.41) is 0.459. The van der Waals surface area contributed by atoms with Gasteiger partial charge in [-0.2, -0.15) is 8.42 Å². The minimum atomic E-state index is -4.06. The molecule has 130 valence electrons. The molecule has 1 N–H and O–H groups in total. The first-order valence-electron chi connectivity index (χ1n) is 6.76. The summed E-state index contributed by atoms with van der Waals surface area (Å²) < 4.78 is 37.7. The van der Waals surface area contributed by atoms with Crippen LogP contribution in [0.5, 0.6) is 0 Å². The van der Waals surface area contributed by atoms with Gasteiger partial charge < -0.3 is 9.15 Å². The van der Waals surface area contributed by atoms with Gasteiger partial charge in [-0.25, -0.2) is 4.79 Å². The Morgan fingerprint density at radius 2 is 2.08 bits per heavy atom. The van der Waals surface area contributed by atoms with E-state index >= 15 is 0 Å². The molecule has 0 unspecified atom stereocenters. The third-order valence-corrected chi connectivity index (χ3v) is 5.22. The average Bonchev–Trinajstić information content (AvgIpc) is 3.05. The number of hydrogen-bond acceptors (Lipinski definition) is 6. The van der Waals surface area contributed by atoms with Crippen molar-refractivity contribution >= 4 is 60.1 Å². The molecule has 0 radical (unpaired) electrons. The second kappa shape index (κ2) is 6.66. The quantitative estimate of drug-likeness (QED) is 0.613. The van der Waals surface area contributed by atoms with Gasteiger partial charge in [-0.15, -0.1) is 0 Å². The molecule has 2 aromatic heterocycles. The van der Waals surface area contributed by atoms with E-state index in [4.69, 9.17) is 16.0 Å². The Labute approximate surface area is 156 Å². The van der Waals surface area contributed by atoms with Crippen molar-refractivity contribution in [1.82, 2.24) is 4.98 Å². The Kier molecular flexibility index (Phi) is 4.72. The van der Waals surface area contributed by atoms with Gasteiger partial charge >= 0.3 is 5.97 Å². The molecule has 0 aliphatic rings. The van der Waals surface area contributed by atoms with Gasteiger partial charge in [0.05, 0.1) is 23.3 Å². The second-order valence-corrected chi connectivity index (χ2v) is 7.79. The van der Waals surface area contributed by atoms with Crippen LogP contribution in [0.25, 0.3) is 10.9 Å². The molecule has 0 amide bonds. The van der Waals surface area contributed by atoms with Crippen molar-refractivity contribution in [2.45, 2.75) is 5.09 Å². The summed E-state index contributed by atoms with van der Waals surface area (Å²) in [5.41, 5.74) is 0.712. The van der Waals surface area contributed by atoms with Gasteiger partial charge in [0, 0.05) is 16.1 Å². The summed E-state index contributed by atoms with van der Waals surface area (Å²) in [6.07, 6.45) is 1.43. The predicted molar refractivity (Wildman–Crippen MR) is 95.3 cm³/mol. The van der Waals surface area contributed by atoms with Gasteiger partial charge in [0.25, 0.3) is 10.0 Å². The number of nitrogens with zero attached hydrogens (tertiary/aromatic N) is 1. The normalized spacial score (nSPS) is 11.5. The number of anilines is 1. The smallest absolute Gasteiger partial charge is 0.374 e. The van der Waals surface area contributed by atoms with Crippen molar-refractivity contribution in [3.8, 4) is 0 Å². The van der Waals surface area contributed by atoms with Gasteiger partial charge in [-0.3, -0.25) is 9.71 Å². The number of fused-ring (bicyclic) bond motifs is 1. The molecule has 3 aromatic rings. The molecule has 0 saturated heterocycles. The third kappa shape index (κ3) is 3.48. The number of methoxy groups -OCH3 is 1. The van der Waals surface area contributed by atoms with E-state index in [1.54, 1.807) is 12.1 Å². The molecule has 25 heavy (non-hydrogen) atoms. The zero-order chi connectivity index (χ0) is 18.2. The largest absolute Gasteiger partial charge is 0.463 e. The zero-order valence-corrected chi connectivity index (χ0v) is 15.8. The molecule has 0 saturated carbocycles. The molecule has 0 bridgehead atoms. The van der Waals surface area contributed by atoms with Gasteiger partial charge in [0.1, 0.15) is 0 Å². The number of pyridine rings is 1. The molecule has 0 aliphatic heterocycles. The summed E-state index contributed by atoms with van der Waals surface area (Å²) >= 11 is 9.45. The lowest BCUT2D eigenvalue weighted by molar-refractivity contribution is 0.0559. The lowest BCUT2D eigenvalue weighted by Gasteiger charge is -2.10. The van der Waals surface area contributed by atoms with E-state index in [2.05, 4.69) is 30.4 Å². The number of esters is 1. The molecule has 2 heterocycles. The van der Waals surface area contributed by atoms with E-state index in [-0.39, 0.29) is 11.4 Å². The van der Waals surface area contributed by atoms with Crippen LogP contribution in [0.1, 0.15) is 10.6 Å². The summed E-state index contributed by atoms with van der Waals surface area (Å²) in [4.78, 5) is 15.6. The van der Waals surface area contributed by atoms with E-state index in [0.717, 1.165) is 0 Å². The van der Waals surface area contributed by atoms with E-state index in [1.807, 2.05) is 0 Å². The Morgan fingerprint density at radius 3 is 2.80 bits per heavy atom. The van der Waals surface area contributed by atoms with Crippen LogP contribution in [0.4, 0.5) is 5.69 Å². The first-order valence-corrected chi connectivity index (χ1v) is 9.42. The molecule has 1 aromatic carbocycles. The highest BCUT2D eigenvalue weighted by Crippen LogP contribution is 2.32. The first-order chi connectivity index (χ1) is 11.8. The highest BCUT2D eigenvalue weighted by atomic mass is 79.9. The minimum absolute atomic E-state index is 0.215. The van der Waals surface area contributed by atoms with E-state index in [9.17, 15) is 13.2 Å². The van der Waals surface area contributed by atoms with Gasteiger partial charge in [0.2, 0.25) is 10.9 Å². The van der Waals surface area contributed by atoms with Crippen LogP contribution in [-0.4, -0.2) is 26.5 Å². The number of carbonyl (C=O) groups excluding carboxylic acids is 1. The molecular formula is C15H10BrClN2O5S. The van der Waals surface area contributed by atoms with E-state index in [0.29, 0.717) is 20.4 Å². The molecular weight excluding hydrogens is 436 g/mol. The predicted octanol–water partition coefficient (Wildman–Crippen LogP) is 3.83. The van der Waals surface area contributed by atoms with Crippen molar-refractivity contribution in [2.24, 2.45) is 0 Å². The number of furan rings is 1. The Balaban J connectivity index is 2.03. The van der Waals surface area contributed by atoms with Gasteiger partial charge in [-0.1, -0.05) is 27.5 Å². The number of sulfonamides is 1. The summed E-state index contributed by atoms with van der Waals surface area (Å²) in [6.45, 7) is 0. The minimum Gasteiger partial charge on any atom is -0.463 e. The van der Waals surface area contributed by atoms with E-state index < -0.39 is 21.1 Å². The number of aromatic nitrogens is 1. The molecule has 0 atom stereocenters. The van der Waals surface area contributed by atoms with Crippen molar-refractivity contribution in [2.75, 3.05) is 11.8 Å². The molecule has 10 heteroatoms. The summed E-state index contributed by atoms with van der Waals surface area (Å²) in [5.74, 6) is -0.986. The number of carbonyl (C=O) groups is 1. The van der Waals surface area contributed by atoms with Crippen LogP contribution < -0.4 is 4.72 Å². The van der Waals surface area contributed by atoms with Crippen LogP contribution >= 0.6 is 27.5 Å². The number of benzene rings is 1. The third-order valence-electron chi connectivity index (χ3n) is 3.24. The maximum atomic E-state index is 12.5. The fourth-order valence-electron chi connectivity index (χ4n) is 2.14. The molecule has 0 spiro atoms. The Bertz CT molecular complexity index is 1080. The maximum Gasteiger partial charge on any atom is 0.374 e. The number of hydrogen-bond donors (Lipinski definition) is 1. The van der Waals surface area contributed by atoms with Crippen molar-refractivity contribution in [3.63, 3.8) is 0 Å². The van der Waals surface area contributed by atoms with Crippen molar-refractivity contribution in [3.05, 3.63) is 51.8 Å². The average molecular weight is 446 g/mol. The van der Waals surface area contributed by atoms with Crippen LogP contribution in [-0.2, 0) is 14.8 Å². The van der Waals surface area contributed by atoms with Crippen molar-refractivity contribution in [1.29, 1.82) is 0 Å². The zero-order valence-electron chi connectivity index (χ0n) is 12.6. The maximum absolute atomic E-state index is 12.5. The van der Waals surface area contributed by atoms with Crippen LogP contribution in [0.15, 0.2) is 50.5 Å². The number of nitrogens with one attached hydrogen (secondary N) is 1. The van der Waals surface area contributed by atoms with Crippen LogP contribution in [0, 0.1) is 0 Å². The molecule has 3 rings (SSSR count). The first kappa shape index (κ1) is 17.7. The fraction of sp³-hybridized carbons (Fsp3) is 0.0667. The second-order valence-electron chi connectivity index (χ2n) is 4.86. The highest BCUT2D eigenvalue weighted by Gasteiger charge is 2.22. The van der Waals surface area contributed by atoms with Gasteiger partial charge in [-0.05, 0) is 30.3 Å². The van der Waals surface area contributed by atoms with Crippen LogP contribution in [0.2, 0.25) is 5.02 Å². The molecule has 0 aliphatic carbocycles. The molecule has 7 nitrogen and oxygen atoms in total. The Hall–Kier alpha value is -2.10. The standard InChI is InChI=1S/C15H10BrClN2O5S/c1-23-15(20)12-2-3-13(24-12)25(21,22)19-11-4-5-18-14-9(11)6-8(16)7-10(14)17/h2-7H,1H3,(H,18,19). The monoisotopic (exact) mass is 444 g/mol. The van der Waals surface area contributed by atoms with E-state index in [1.165, 1.54) is 31.5 Å². The topological polar surface area (TPSA) is 98.5 Å². The lowest BCUT2D eigenvalue weighted by Crippen LogP contribution is -2.12. The fourth-order valence-corrected chi connectivity index (χ4v) is 4.01. The SMILES string of the molecule is COC(=O)c1ccc(S(=O)(=O)Nc2ccnc3c(Cl)cc(Br)cc23)o1. The number of ether oxygens (including phenoxy) is 1. The van der Waals surface area contributed by atoms with Crippen molar-refractivity contribution < 1.29 is 22.4 Å². The summed E-state index contributed by atoms with van der Waals surface area (Å²) in [7, 11) is -2.89. The van der Waals surface area contributed by atoms with Gasteiger partial charge in [0.15, 0.2) is 0 Å². The van der Waals surface area contributed by atoms with Crippen LogP contribution in [0.3, 0.4) is 0 Å². The Morgan fingerprint density at radius 1 is 1.32 bits per heavy atom. The highest BCUT2D eigenvalue weighted by molar-refractivity contribution is 9.10. The lowest BCUT2D eigenvalue weighted by atomic mass is 10.2. The molecule has 0 fully saturated rings. The summed E-state index contributed by atoms with van der Waals surface area (Å²) in [6, 6.07) is 7.23. The number of halogens is 2. The number of rotatable bonds is 4.